The maximum absolute atomic E-state index is 11.8. The van der Waals surface area contributed by atoms with E-state index in [-0.39, 0.29) is 17.9 Å². The minimum absolute atomic E-state index is 0.132. The number of nitrogens with one attached hydrogen (secondary N) is 2. The quantitative estimate of drug-likeness (QED) is 0.649. The Kier molecular flexibility index (Phi) is 4.40. The molecule has 0 aliphatic heterocycles. The molecule has 0 unspecified atom stereocenters. The van der Waals surface area contributed by atoms with Gasteiger partial charge in [-0.15, -0.1) is 0 Å². The van der Waals surface area contributed by atoms with Crippen LogP contribution in [0.4, 0.5) is 16.2 Å². The fraction of sp³-hybridized carbons (Fsp3) is 0.0667. The van der Waals surface area contributed by atoms with Gasteiger partial charge in [-0.1, -0.05) is 24.3 Å². The standard InChI is InChI=1S/C15H14N2O4/c18-13-7-6-10(9-14(19)20)8-12(13)17-15(21)16-11-4-2-1-3-5-11/h1-8,18H,9H2,(H,19,20)(H2,16,17,21). The Morgan fingerprint density at radius 1 is 1.00 bits per heavy atom. The third kappa shape index (κ3) is 4.24. The van der Waals surface area contributed by atoms with Crippen molar-refractivity contribution in [3.8, 4) is 5.75 Å². The van der Waals surface area contributed by atoms with Crippen LogP contribution < -0.4 is 10.6 Å². The van der Waals surface area contributed by atoms with Crippen LogP contribution in [0.2, 0.25) is 0 Å². The lowest BCUT2D eigenvalue weighted by Gasteiger charge is -2.10. The number of carbonyl (C=O) groups is 2. The summed E-state index contributed by atoms with van der Waals surface area (Å²) in [4.78, 5) is 22.5. The second kappa shape index (κ2) is 6.42. The van der Waals surface area contributed by atoms with Gasteiger partial charge in [0, 0.05) is 5.69 Å². The number of para-hydroxylation sites is 1. The highest BCUT2D eigenvalue weighted by Gasteiger charge is 2.09. The van der Waals surface area contributed by atoms with Crippen molar-refractivity contribution in [3.63, 3.8) is 0 Å². The number of aromatic hydroxyl groups is 1. The SMILES string of the molecule is O=C(O)Cc1ccc(O)c(NC(=O)Nc2ccccc2)c1. The Labute approximate surface area is 121 Å². The molecular weight excluding hydrogens is 272 g/mol. The second-order valence-corrected chi connectivity index (χ2v) is 4.37. The molecule has 0 atom stereocenters. The van der Waals surface area contributed by atoms with Gasteiger partial charge in [-0.2, -0.15) is 0 Å². The number of urea groups is 1. The highest BCUT2D eigenvalue weighted by molar-refractivity contribution is 6.00. The van der Waals surface area contributed by atoms with Crippen LogP contribution in [0, 0.1) is 0 Å². The van der Waals surface area contributed by atoms with Gasteiger partial charge in [0.2, 0.25) is 0 Å². The van der Waals surface area contributed by atoms with E-state index in [1.54, 1.807) is 24.3 Å². The number of amides is 2. The minimum atomic E-state index is -0.986. The molecule has 0 heterocycles. The number of anilines is 2. The molecule has 0 aliphatic carbocycles. The molecule has 0 fully saturated rings. The molecule has 0 saturated heterocycles. The molecule has 6 heteroatoms. The van der Waals surface area contributed by atoms with Crippen molar-refractivity contribution < 1.29 is 19.8 Å². The molecule has 2 rings (SSSR count). The topological polar surface area (TPSA) is 98.7 Å². The molecule has 0 bridgehead atoms. The molecule has 0 aromatic heterocycles. The number of aliphatic carboxylic acids is 1. The zero-order valence-electron chi connectivity index (χ0n) is 11.0. The van der Waals surface area contributed by atoms with Crippen LogP contribution in [0.3, 0.4) is 0 Å². The van der Waals surface area contributed by atoms with Crippen molar-refractivity contribution in [1.82, 2.24) is 0 Å². The number of carboxylic acids is 1. The average Bonchev–Trinajstić information content (AvgIpc) is 2.43. The van der Waals surface area contributed by atoms with E-state index in [0.717, 1.165) is 0 Å². The first-order chi connectivity index (χ1) is 10.0. The predicted octanol–water partition coefficient (Wildman–Crippen LogP) is 2.66. The first-order valence-corrected chi connectivity index (χ1v) is 6.21. The highest BCUT2D eigenvalue weighted by Crippen LogP contribution is 2.24. The molecule has 2 aromatic carbocycles. The lowest BCUT2D eigenvalue weighted by molar-refractivity contribution is -0.136. The van der Waals surface area contributed by atoms with Crippen molar-refractivity contribution in [2.75, 3.05) is 10.6 Å². The van der Waals surface area contributed by atoms with Gasteiger partial charge in [-0.3, -0.25) is 4.79 Å². The highest BCUT2D eigenvalue weighted by atomic mass is 16.4. The van der Waals surface area contributed by atoms with Gasteiger partial charge < -0.3 is 20.8 Å². The van der Waals surface area contributed by atoms with Gasteiger partial charge in [0.25, 0.3) is 0 Å². The molecule has 21 heavy (non-hydrogen) atoms. The first-order valence-electron chi connectivity index (χ1n) is 6.21. The largest absolute Gasteiger partial charge is 0.506 e. The summed E-state index contributed by atoms with van der Waals surface area (Å²) in [6.45, 7) is 0. The van der Waals surface area contributed by atoms with Crippen LogP contribution in [0.1, 0.15) is 5.56 Å². The summed E-state index contributed by atoms with van der Waals surface area (Å²) in [5.41, 5.74) is 1.24. The van der Waals surface area contributed by atoms with Crippen LogP contribution in [0.25, 0.3) is 0 Å². The summed E-state index contributed by atoms with van der Waals surface area (Å²) in [5, 5.41) is 23.5. The lowest BCUT2D eigenvalue weighted by atomic mass is 10.1. The maximum Gasteiger partial charge on any atom is 0.323 e. The van der Waals surface area contributed by atoms with Crippen molar-refractivity contribution in [1.29, 1.82) is 0 Å². The number of phenols is 1. The molecule has 0 radical (unpaired) electrons. The van der Waals surface area contributed by atoms with Crippen molar-refractivity contribution in [2.45, 2.75) is 6.42 Å². The van der Waals surface area contributed by atoms with Gasteiger partial charge >= 0.3 is 12.0 Å². The fourth-order valence-corrected chi connectivity index (χ4v) is 1.77. The number of rotatable bonds is 4. The van der Waals surface area contributed by atoms with Crippen molar-refractivity contribution in [3.05, 3.63) is 54.1 Å². The fourth-order valence-electron chi connectivity index (χ4n) is 1.77. The van der Waals surface area contributed by atoms with Gasteiger partial charge in [-0.25, -0.2) is 4.79 Å². The van der Waals surface area contributed by atoms with Crippen LogP contribution in [-0.2, 0) is 11.2 Å². The molecule has 4 N–H and O–H groups in total. The molecule has 0 saturated carbocycles. The van der Waals surface area contributed by atoms with Crippen LogP contribution >= 0.6 is 0 Å². The molecule has 108 valence electrons. The van der Waals surface area contributed by atoms with E-state index in [4.69, 9.17) is 5.11 Å². The van der Waals surface area contributed by atoms with E-state index >= 15 is 0 Å². The van der Waals surface area contributed by atoms with E-state index in [9.17, 15) is 14.7 Å². The Hall–Kier alpha value is -3.02. The second-order valence-electron chi connectivity index (χ2n) is 4.37. The van der Waals surface area contributed by atoms with Gasteiger partial charge in [0.15, 0.2) is 0 Å². The Morgan fingerprint density at radius 3 is 2.38 bits per heavy atom. The zero-order chi connectivity index (χ0) is 15.2. The minimum Gasteiger partial charge on any atom is -0.506 e. The van der Waals surface area contributed by atoms with Crippen molar-refractivity contribution >= 4 is 23.4 Å². The first kappa shape index (κ1) is 14.4. The average molecular weight is 286 g/mol. The van der Waals surface area contributed by atoms with Crippen LogP contribution in [0.15, 0.2) is 48.5 Å². The monoisotopic (exact) mass is 286 g/mol. The third-order valence-corrected chi connectivity index (χ3v) is 2.70. The number of hydrogen-bond acceptors (Lipinski definition) is 3. The van der Waals surface area contributed by atoms with E-state index in [2.05, 4.69) is 10.6 Å². The van der Waals surface area contributed by atoms with E-state index in [1.165, 1.54) is 18.2 Å². The van der Waals surface area contributed by atoms with Gasteiger partial charge in [-0.05, 0) is 29.8 Å². The summed E-state index contributed by atoms with van der Waals surface area (Å²) >= 11 is 0. The van der Waals surface area contributed by atoms with Crippen molar-refractivity contribution in [2.24, 2.45) is 0 Å². The van der Waals surface area contributed by atoms with Gasteiger partial charge in [0.05, 0.1) is 12.1 Å². The molecule has 0 aliphatic rings. The number of phenolic OH excluding ortho intramolecular Hbond substituents is 1. The van der Waals surface area contributed by atoms with E-state index in [1.807, 2.05) is 6.07 Å². The summed E-state index contributed by atoms with van der Waals surface area (Å²) in [6, 6.07) is 12.6. The smallest absolute Gasteiger partial charge is 0.323 e. The number of carbonyl (C=O) groups excluding carboxylic acids is 1. The zero-order valence-corrected chi connectivity index (χ0v) is 11.0. The Bertz CT molecular complexity index is 656. The number of benzene rings is 2. The van der Waals surface area contributed by atoms with Crippen LogP contribution in [-0.4, -0.2) is 22.2 Å². The normalized spacial score (nSPS) is 9.90. The predicted molar refractivity (Wildman–Crippen MR) is 78.5 cm³/mol. The van der Waals surface area contributed by atoms with Gasteiger partial charge in [0.1, 0.15) is 5.75 Å². The Balaban J connectivity index is 2.07. The van der Waals surface area contributed by atoms with Crippen LogP contribution in [0.5, 0.6) is 5.75 Å². The number of hydrogen-bond donors (Lipinski definition) is 4. The molecule has 0 spiro atoms. The Morgan fingerprint density at radius 2 is 1.71 bits per heavy atom. The summed E-state index contributed by atoms with van der Waals surface area (Å²) < 4.78 is 0. The lowest BCUT2D eigenvalue weighted by Crippen LogP contribution is -2.19. The summed E-state index contributed by atoms with van der Waals surface area (Å²) in [6.07, 6.45) is -0.185. The molecule has 2 amide bonds. The summed E-state index contributed by atoms with van der Waals surface area (Å²) in [7, 11) is 0. The molecule has 2 aromatic rings. The molecular formula is C15H14N2O4. The third-order valence-electron chi connectivity index (χ3n) is 2.70. The van der Waals surface area contributed by atoms with E-state index in [0.29, 0.717) is 11.3 Å². The van der Waals surface area contributed by atoms with E-state index < -0.39 is 12.0 Å². The molecule has 6 nitrogen and oxygen atoms in total. The maximum atomic E-state index is 11.8. The summed E-state index contributed by atoms with van der Waals surface area (Å²) in [5.74, 6) is -1.12. The number of carboxylic acid groups (broad SMARTS) is 1.